The van der Waals surface area contributed by atoms with Crippen LogP contribution in [0.15, 0.2) is 48.8 Å². The molecule has 2 N–H and O–H groups in total. The molecule has 4 nitrogen and oxygen atoms in total. The van der Waals surface area contributed by atoms with Gasteiger partial charge in [0.2, 0.25) is 0 Å². The number of aliphatic hydroxyl groups excluding tert-OH is 2. The highest BCUT2D eigenvalue weighted by atomic mass is 79.9. The number of hydrogen-bond acceptors (Lipinski definition) is 4. The number of aliphatic hydroxyl groups is 2. The van der Waals surface area contributed by atoms with E-state index in [4.69, 9.17) is 4.74 Å². The van der Waals surface area contributed by atoms with Crippen molar-refractivity contribution in [3.05, 3.63) is 59.9 Å². The Morgan fingerprint density at radius 2 is 1.90 bits per heavy atom. The Hall–Kier alpha value is -1.43. The van der Waals surface area contributed by atoms with Crippen LogP contribution < -0.4 is 4.74 Å². The molecule has 0 amide bonds. The van der Waals surface area contributed by atoms with Crippen molar-refractivity contribution in [3.63, 3.8) is 0 Å². The molecule has 0 fully saturated rings. The molecule has 2 unspecified atom stereocenters. The Morgan fingerprint density at radius 3 is 2.62 bits per heavy atom. The van der Waals surface area contributed by atoms with E-state index in [2.05, 4.69) is 20.9 Å². The zero-order valence-corrected chi connectivity index (χ0v) is 13.1. The Bertz CT molecular complexity index is 550. The molecule has 0 aliphatic heterocycles. The zero-order chi connectivity index (χ0) is 15.1. The van der Waals surface area contributed by atoms with Gasteiger partial charge in [-0.15, -0.1) is 0 Å². The van der Waals surface area contributed by atoms with Gasteiger partial charge in [0.05, 0.1) is 12.3 Å². The first-order valence-electron chi connectivity index (χ1n) is 6.74. The molecule has 2 aromatic rings. The van der Waals surface area contributed by atoms with Gasteiger partial charge in [-0.25, -0.2) is 0 Å². The monoisotopic (exact) mass is 351 g/mol. The van der Waals surface area contributed by atoms with Crippen LogP contribution in [0.2, 0.25) is 0 Å². The molecule has 2 rings (SSSR count). The average Bonchev–Trinajstić information content (AvgIpc) is 2.54. The fourth-order valence-electron chi connectivity index (χ4n) is 1.91. The van der Waals surface area contributed by atoms with E-state index in [-0.39, 0.29) is 0 Å². The van der Waals surface area contributed by atoms with Gasteiger partial charge in [-0.05, 0) is 18.1 Å². The van der Waals surface area contributed by atoms with Crippen LogP contribution in [0.3, 0.4) is 0 Å². The van der Waals surface area contributed by atoms with Gasteiger partial charge in [0.25, 0.3) is 0 Å². The molecular formula is C16H18BrNO3. The van der Waals surface area contributed by atoms with Crippen LogP contribution in [-0.4, -0.2) is 26.6 Å². The number of pyridine rings is 1. The van der Waals surface area contributed by atoms with Crippen LogP contribution in [-0.2, 0) is 6.61 Å². The molecule has 21 heavy (non-hydrogen) atoms. The van der Waals surface area contributed by atoms with Gasteiger partial charge in [0.1, 0.15) is 18.5 Å². The normalized spacial score (nSPS) is 13.7. The Morgan fingerprint density at radius 1 is 1.14 bits per heavy atom. The topological polar surface area (TPSA) is 62.6 Å². The van der Waals surface area contributed by atoms with Crippen LogP contribution >= 0.6 is 15.9 Å². The quantitative estimate of drug-likeness (QED) is 0.753. The van der Waals surface area contributed by atoms with Gasteiger partial charge >= 0.3 is 0 Å². The van der Waals surface area contributed by atoms with Crippen LogP contribution in [0.25, 0.3) is 0 Å². The second-order valence-electron chi connectivity index (χ2n) is 4.72. The third-order valence-corrected chi connectivity index (χ3v) is 3.55. The average molecular weight is 352 g/mol. The summed E-state index contributed by atoms with van der Waals surface area (Å²) in [6.07, 6.45) is 1.81. The van der Waals surface area contributed by atoms with Crippen molar-refractivity contribution >= 4 is 15.9 Å². The fourth-order valence-corrected chi connectivity index (χ4v) is 2.38. The van der Waals surface area contributed by atoms with E-state index in [0.717, 1.165) is 5.56 Å². The highest BCUT2D eigenvalue weighted by Gasteiger charge is 2.18. The summed E-state index contributed by atoms with van der Waals surface area (Å²) in [5.74, 6) is 0.571. The summed E-state index contributed by atoms with van der Waals surface area (Å²) in [6, 6.07) is 11.5. The van der Waals surface area contributed by atoms with Crippen LogP contribution in [0.4, 0.5) is 0 Å². The summed E-state index contributed by atoms with van der Waals surface area (Å²) in [5, 5.41) is 20.5. The van der Waals surface area contributed by atoms with Gasteiger partial charge in [-0.1, -0.05) is 46.3 Å². The van der Waals surface area contributed by atoms with Crippen molar-refractivity contribution < 1.29 is 14.9 Å². The number of hydrogen-bond donors (Lipinski definition) is 2. The second-order valence-corrected chi connectivity index (χ2v) is 5.51. The molecule has 2 atom stereocenters. The minimum Gasteiger partial charge on any atom is -0.487 e. The smallest absolute Gasteiger partial charge is 0.138 e. The molecule has 0 saturated heterocycles. The lowest BCUT2D eigenvalue weighted by molar-refractivity contribution is 0.0170. The molecule has 1 aromatic heterocycles. The minimum absolute atomic E-state index is 0.437. The molecule has 5 heteroatoms. The molecule has 0 radical (unpaired) electrons. The first-order valence-corrected chi connectivity index (χ1v) is 7.86. The summed E-state index contributed by atoms with van der Waals surface area (Å²) < 4.78 is 5.66. The lowest BCUT2D eigenvalue weighted by Gasteiger charge is -2.17. The molecule has 1 aromatic carbocycles. The van der Waals surface area contributed by atoms with Crippen molar-refractivity contribution in [2.24, 2.45) is 0 Å². The van der Waals surface area contributed by atoms with Gasteiger partial charge in [0, 0.05) is 17.1 Å². The van der Waals surface area contributed by atoms with Crippen LogP contribution in [0.1, 0.15) is 23.7 Å². The van der Waals surface area contributed by atoms with Crippen molar-refractivity contribution in [2.75, 3.05) is 5.33 Å². The number of ether oxygens (including phenoxy) is 1. The van der Waals surface area contributed by atoms with E-state index in [9.17, 15) is 10.2 Å². The standard InChI is InChI=1S/C16H18BrNO3/c17-7-6-15(19)16(20)13-8-14(10-18-9-13)21-11-12-4-2-1-3-5-12/h1-5,8-10,15-16,19-20H,6-7,11H2. The zero-order valence-electron chi connectivity index (χ0n) is 11.5. The predicted octanol–water partition coefficient (Wildman–Crippen LogP) is 2.84. The summed E-state index contributed by atoms with van der Waals surface area (Å²) in [7, 11) is 0. The lowest BCUT2D eigenvalue weighted by Crippen LogP contribution is -2.18. The van der Waals surface area contributed by atoms with Gasteiger partial charge < -0.3 is 14.9 Å². The summed E-state index contributed by atoms with van der Waals surface area (Å²) in [5.41, 5.74) is 1.61. The second kappa shape index (κ2) is 8.12. The molecule has 0 aliphatic carbocycles. The SMILES string of the molecule is OC(CCBr)C(O)c1cncc(OCc2ccccc2)c1. The van der Waals surface area contributed by atoms with Gasteiger partial charge in [0.15, 0.2) is 0 Å². The fraction of sp³-hybridized carbons (Fsp3) is 0.312. The van der Waals surface area contributed by atoms with E-state index in [1.807, 2.05) is 30.3 Å². The predicted molar refractivity (Wildman–Crippen MR) is 84.4 cm³/mol. The van der Waals surface area contributed by atoms with Crippen molar-refractivity contribution in [2.45, 2.75) is 25.2 Å². The maximum Gasteiger partial charge on any atom is 0.138 e. The first kappa shape index (κ1) is 15.9. The number of rotatable bonds is 7. The molecule has 0 saturated carbocycles. The molecular weight excluding hydrogens is 334 g/mol. The highest BCUT2D eigenvalue weighted by molar-refractivity contribution is 9.09. The van der Waals surface area contributed by atoms with Gasteiger partial charge in [-0.2, -0.15) is 0 Å². The van der Waals surface area contributed by atoms with E-state index >= 15 is 0 Å². The highest BCUT2D eigenvalue weighted by Crippen LogP contribution is 2.22. The summed E-state index contributed by atoms with van der Waals surface area (Å²) in [4.78, 5) is 4.05. The van der Waals surface area contributed by atoms with Crippen molar-refractivity contribution in [3.8, 4) is 5.75 Å². The van der Waals surface area contributed by atoms with Crippen molar-refractivity contribution in [1.82, 2.24) is 4.98 Å². The number of aromatic nitrogens is 1. The number of alkyl halides is 1. The summed E-state index contributed by atoms with van der Waals surface area (Å²) >= 11 is 3.24. The maximum atomic E-state index is 10.1. The third kappa shape index (κ3) is 4.81. The number of benzene rings is 1. The number of nitrogens with zero attached hydrogens (tertiary/aromatic N) is 1. The first-order chi connectivity index (χ1) is 10.2. The third-order valence-electron chi connectivity index (χ3n) is 3.09. The largest absolute Gasteiger partial charge is 0.487 e. The molecule has 0 aliphatic rings. The lowest BCUT2D eigenvalue weighted by atomic mass is 10.0. The van der Waals surface area contributed by atoms with Gasteiger partial charge in [-0.3, -0.25) is 4.98 Å². The minimum atomic E-state index is -0.963. The molecule has 1 heterocycles. The Kier molecular flexibility index (Phi) is 6.17. The molecule has 0 bridgehead atoms. The molecule has 0 spiro atoms. The number of halogens is 1. The van der Waals surface area contributed by atoms with Crippen LogP contribution in [0.5, 0.6) is 5.75 Å². The van der Waals surface area contributed by atoms with E-state index in [0.29, 0.717) is 29.7 Å². The maximum absolute atomic E-state index is 10.1. The van der Waals surface area contributed by atoms with Crippen molar-refractivity contribution in [1.29, 1.82) is 0 Å². The van der Waals surface area contributed by atoms with Crippen LogP contribution in [0, 0.1) is 0 Å². The summed E-state index contributed by atoms with van der Waals surface area (Å²) in [6.45, 7) is 0.437. The van der Waals surface area contributed by atoms with E-state index in [1.54, 1.807) is 12.3 Å². The Balaban J connectivity index is 2.00. The van der Waals surface area contributed by atoms with E-state index in [1.165, 1.54) is 6.20 Å². The van der Waals surface area contributed by atoms with E-state index < -0.39 is 12.2 Å². The molecule has 112 valence electrons. The Labute approximate surface area is 132 Å².